The average molecular weight is 435 g/mol. The molecule has 0 aromatic heterocycles. The molecular weight excluding hydrogens is 405 g/mol. The molecule has 4 atom stereocenters. The van der Waals surface area contributed by atoms with Gasteiger partial charge in [-0.3, -0.25) is 10.2 Å². The van der Waals surface area contributed by atoms with E-state index in [1.54, 1.807) is 24.0 Å². The highest BCUT2D eigenvalue weighted by molar-refractivity contribution is 5.84. The van der Waals surface area contributed by atoms with E-state index >= 15 is 0 Å². The fraction of sp³-hybridized carbons (Fsp3) is 0.636. The summed E-state index contributed by atoms with van der Waals surface area (Å²) < 4.78 is 19.7. The number of aliphatic hydroxyl groups excluding tert-OH is 1. The normalized spacial score (nSPS) is 30.2. The quantitative estimate of drug-likeness (QED) is 0.667. The van der Waals surface area contributed by atoms with Crippen molar-refractivity contribution in [1.29, 1.82) is 0 Å². The number of carboxylic acid groups (broad SMARTS) is 1. The Morgan fingerprint density at radius 1 is 1.35 bits per heavy atom. The minimum Gasteiger partial charge on any atom is -0.465 e. The molecule has 8 nitrogen and oxygen atoms in total. The maximum absolute atomic E-state index is 14.9. The number of anilines is 2. The van der Waals surface area contributed by atoms with Crippen LogP contribution in [0.4, 0.5) is 25.4 Å². The van der Waals surface area contributed by atoms with Crippen molar-refractivity contribution >= 4 is 23.6 Å². The number of amides is 2. The highest BCUT2D eigenvalue weighted by Crippen LogP contribution is 2.51. The Kier molecular flexibility index (Phi) is 5.96. The number of nitrogens with one attached hydrogen (secondary N) is 1. The highest BCUT2D eigenvalue weighted by atomic mass is 19.1. The Balaban J connectivity index is 1.53. The van der Waals surface area contributed by atoms with Crippen molar-refractivity contribution in [2.75, 3.05) is 29.9 Å². The van der Waals surface area contributed by atoms with Crippen molar-refractivity contribution in [2.45, 2.75) is 63.1 Å². The van der Waals surface area contributed by atoms with Crippen LogP contribution < -0.4 is 10.2 Å². The van der Waals surface area contributed by atoms with Crippen LogP contribution in [0.25, 0.3) is 0 Å². The largest absolute Gasteiger partial charge is 0.465 e. The Bertz CT molecular complexity index is 852. The minimum absolute atomic E-state index is 0.0223. The molecule has 2 amide bonds. The van der Waals surface area contributed by atoms with E-state index in [0.29, 0.717) is 37.3 Å². The van der Waals surface area contributed by atoms with Gasteiger partial charge in [-0.1, -0.05) is 0 Å². The molecular formula is C22H30FN3O5. The van der Waals surface area contributed by atoms with Gasteiger partial charge in [-0.05, 0) is 63.6 Å². The zero-order chi connectivity index (χ0) is 22.2. The van der Waals surface area contributed by atoms with E-state index in [1.165, 1.54) is 6.07 Å². The van der Waals surface area contributed by atoms with E-state index in [1.807, 2.05) is 4.90 Å². The van der Waals surface area contributed by atoms with Crippen molar-refractivity contribution in [2.24, 2.45) is 5.92 Å². The number of fused-ring (bicyclic) bond motifs is 2. The van der Waals surface area contributed by atoms with Crippen LogP contribution >= 0.6 is 0 Å². The zero-order valence-corrected chi connectivity index (χ0v) is 17.7. The molecule has 0 saturated carbocycles. The van der Waals surface area contributed by atoms with E-state index in [2.05, 4.69) is 5.32 Å². The summed E-state index contributed by atoms with van der Waals surface area (Å²) in [4.78, 5) is 27.2. The number of piperidine rings is 2. The van der Waals surface area contributed by atoms with Crippen LogP contribution in [0, 0.1) is 11.7 Å². The molecule has 1 aromatic rings. The first-order chi connectivity index (χ1) is 14.8. The standard InChI is InChI=1S/C22H30FN3O5/c1-2-31-20(28)24-15-5-6-19(18(23)10-15)25-9-3-4-14(13-25)22-8-7-16(11-17(27)12-22)26(22)21(29)30/h5-6,10,14,16-17,27H,2-4,7-9,11-13H2,1H3,(H,24,28)(H,29,30). The van der Waals surface area contributed by atoms with Gasteiger partial charge in [0.1, 0.15) is 5.82 Å². The second-order valence-electron chi connectivity index (χ2n) is 8.84. The molecule has 1 aromatic carbocycles. The SMILES string of the molecule is CCOC(=O)Nc1ccc(N2CCCC(C34CCC(CC(O)C3)N4C(=O)O)C2)c(F)c1. The van der Waals surface area contributed by atoms with Gasteiger partial charge in [0.25, 0.3) is 0 Å². The van der Waals surface area contributed by atoms with Gasteiger partial charge in [-0.15, -0.1) is 0 Å². The second-order valence-corrected chi connectivity index (χ2v) is 8.84. The summed E-state index contributed by atoms with van der Waals surface area (Å²) in [6, 6.07) is 4.41. The molecule has 0 radical (unpaired) electrons. The molecule has 0 spiro atoms. The van der Waals surface area contributed by atoms with Crippen LogP contribution in [0.5, 0.6) is 0 Å². The first-order valence-electron chi connectivity index (χ1n) is 11.0. The third-order valence-corrected chi connectivity index (χ3v) is 7.09. The summed E-state index contributed by atoms with van der Waals surface area (Å²) in [7, 11) is 0. The molecule has 4 unspecified atom stereocenters. The van der Waals surface area contributed by atoms with Gasteiger partial charge >= 0.3 is 12.2 Å². The summed E-state index contributed by atoms with van der Waals surface area (Å²) in [5.74, 6) is -0.426. The smallest absolute Gasteiger partial charge is 0.411 e. The number of hydrogen-bond acceptors (Lipinski definition) is 5. The average Bonchev–Trinajstić information content (AvgIpc) is 2.98. The Morgan fingerprint density at radius 3 is 2.87 bits per heavy atom. The molecule has 3 heterocycles. The van der Waals surface area contributed by atoms with Crippen molar-refractivity contribution in [1.82, 2.24) is 4.90 Å². The maximum Gasteiger partial charge on any atom is 0.411 e. The van der Waals surface area contributed by atoms with Gasteiger partial charge < -0.3 is 19.8 Å². The summed E-state index contributed by atoms with van der Waals surface area (Å²) >= 11 is 0. The number of benzene rings is 1. The number of carbonyl (C=O) groups is 2. The van der Waals surface area contributed by atoms with Gasteiger partial charge in [-0.2, -0.15) is 0 Å². The minimum atomic E-state index is -0.924. The monoisotopic (exact) mass is 435 g/mol. The van der Waals surface area contributed by atoms with Gasteiger partial charge in [0, 0.05) is 30.7 Å². The number of aliphatic hydroxyl groups is 1. The van der Waals surface area contributed by atoms with Crippen molar-refractivity contribution in [3.05, 3.63) is 24.0 Å². The Morgan fingerprint density at radius 2 is 2.16 bits per heavy atom. The molecule has 2 bridgehead atoms. The van der Waals surface area contributed by atoms with Crippen molar-refractivity contribution in [3.63, 3.8) is 0 Å². The lowest BCUT2D eigenvalue weighted by molar-refractivity contribution is -0.0390. The summed E-state index contributed by atoms with van der Waals surface area (Å²) in [5.41, 5.74) is 0.163. The van der Waals surface area contributed by atoms with Crippen LogP contribution in [0.15, 0.2) is 18.2 Å². The Labute approximate surface area is 181 Å². The topological polar surface area (TPSA) is 102 Å². The Hall–Kier alpha value is -2.55. The number of carbonyl (C=O) groups excluding carboxylic acids is 1. The van der Waals surface area contributed by atoms with E-state index in [-0.39, 0.29) is 18.6 Å². The number of nitrogens with zero attached hydrogens (tertiary/aromatic N) is 2. The highest BCUT2D eigenvalue weighted by Gasteiger charge is 2.57. The number of halogens is 1. The first-order valence-corrected chi connectivity index (χ1v) is 11.0. The molecule has 3 aliphatic heterocycles. The number of rotatable bonds is 4. The first kappa shape index (κ1) is 21.7. The van der Waals surface area contributed by atoms with Gasteiger partial charge in [0.05, 0.1) is 23.9 Å². The fourth-order valence-corrected chi connectivity index (χ4v) is 5.93. The third-order valence-electron chi connectivity index (χ3n) is 7.09. The molecule has 3 fully saturated rings. The third kappa shape index (κ3) is 4.03. The maximum atomic E-state index is 14.9. The lowest BCUT2D eigenvalue weighted by atomic mass is 9.72. The second kappa shape index (κ2) is 8.53. The molecule has 3 N–H and O–H groups in total. The molecule has 0 aliphatic carbocycles. The molecule has 4 rings (SSSR count). The van der Waals surface area contributed by atoms with E-state index in [9.17, 15) is 24.2 Å². The molecule has 9 heteroatoms. The number of ether oxygens (including phenoxy) is 1. The predicted molar refractivity (Wildman–Crippen MR) is 113 cm³/mol. The van der Waals surface area contributed by atoms with Crippen LogP contribution in [0.1, 0.15) is 45.4 Å². The lowest BCUT2D eigenvalue weighted by Gasteiger charge is -2.52. The van der Waals surface area contributed by atoms with Gasteiger partial charge in [-0.25, -0.2) is 14.0 Å². The molecule has 170 valence electrons. The van der Waals surface area contributed by atoms with Gasteiger partial charge in [0.15, 0.2) is 0 Å². The molecule has 3 saturated heterocycles. The lowest BCUT2D eigenvalue weighted by Crippen LogP contribution is -2.62. The van der Waals surface area contributed by atoms with Crippen LogP contribution in [0.3, 0.4) is 0 Å². The van der Waals surface area contributed by atoms with E-state index < -0.39 is 29.6 Å². The fourth-order valence-electron chi connectivity index (χ4n) is 5.93. The van der Waals surface area contributed by atoms with Crippen molar-refractivity contribution < 1.29 is 28.9 Å². The van der Waals surface area contributed by atoms with Crippen LogP contribution in [0.2, 0.25) is 0 Å². The van der Waals surface area contributed by atoms with Gasteiger partial charge in [0.2, 0.25) is 0 Å². The predicted octanol–water partition coefficient (Wildman–Crippen LogP) is 3.65. The molecule has 3 aliphatic rings. The van der Waals surface area contributed by atoms with Crippen LogP contribution in [-0.2, 0) is 4.74 Å². The zero-order valence-electron chi connectivity index (χ0n) is 17.7. The molecule has 31 heavy (non-hydrogen) atoms. The summed E-state index contributed by atoms with van der Waals surface area (Å²) in [5, 5.41) is 22.8. The summed E-state index contributed by atoms with van der Waals surface area (Å²) in [6.07, 6.45) is 2.06. The van der Waals surface area contributed by atoms with Crippen LogP contribution in [-0.4, -0.2) is 64.7 Å². The van der Waals surface area contributed by atoms with E-state index in [4.69, 9.17) is 4.74 Å². The summed E-state index contributed by atoms with van der Waals surface area (Å²) in [6.45, 7) is 3.13. The van der Waals surface area contributed by atoms with Crippen molar-refractivity contribution in [3.8, 4) is 0 Å². The number of hydrogen-bond donors (Lipinski definition) is 3. The van der Waals surface area contributed by atoms with E-state index in [0.717, 1.165) is 25.7 Å².